The molecule has 11 heteroatoms. The Balaban J connectivity index is -0.0000000591. The fraction of sp³-hybridized carbons (Fsp3) is 0.667. The van der Waals surface area contributed by atoms with Gasteiger partial charge in [0.2, 0.25) is 0 Å². The lowest BCUT2D eigenvalue weighted by Crippen LogP contribution is -2.49. The minimum atomic E-state index is -0.833. The molecule has 0 aromatic heterocycles. The highest BCUT2D eigenvalue weighted by Gasteiger charge is 2.22. The molecule has 1 fully saturated rings. The van der Waals surface area contributed by atoms with Gasteiger partial charge in [-0.1, -0.05) is 0 Å². The summed E-state index contributed by atoms with van der Waals surface area (Å²) in [6.45, 7) is 4.33. The first kappa shape index (κ1) is 32.6. The molecule has 11 nitrogen and oxygen atoms in total. The summed E-state index contributed by atoms with van der Waals surface area (Å²) < 4.78 is 0. The van der Waals surface area contributed by atoms with E-state index in [1.54, 1.807) is 0 Å². The molecule has 2 atom stereocenters. The maximum atomic E-state index is 9.00. The summed E-state index contributed by atoms with van der Waals surface area (Å²) in [5, 5.41) is 29.7. The molecule has 10 N–H and O–H groups in total. The predicted octanol–water partition coefficient (Wildman–Crippen LogP) is -1.03. The fourth-order valence-electron chi connectivity index (χ4n) is 0.552. The minimum absolute atomic E-state index is 0. The summed E-state index contributed by atoms with van der Waals surface area (Å²) in [6, 6.07) is 0.620. The Hall–Kier alpha value is -2.24. The number of carboxylic acid groups (broad SMARTS) is 4. The van der Waals surface area contributed by atoms with Gasteiger partial charge in [-0.3, -0.25) is 19.2 Å². The lowest BCUT2D eigenvalue weighted by atomic mass is 9.88. The van der Waals surface area contributed by atoms with Crippen molar-refractivity contribution in [2.45, 2.75) is 52.6 Å². The van der Waals surface area contributed by atoms with Crippen molar-refractivity contribution in [3.63, 3.8) is 0 Å². The summed E-state index contributed by atoms with van der Waals surface area (Å²) >= 11 is 0. The Kier molecular flexibility index (Phi) is 31.3. The number of carbonyl (C=O) groups is 4. The molecule has 1 rings (SSSR count). The molecule has 0 aromatic rings. The second kappa shape index (κ2) is 22.0. The number of aliphatic carboxylic acids is 4. The standard InChI is InChI=1S/C4H10N2.4C2H4O2.H2O/c5-3-1-2-4(3)6;4*1-2(3)4;/h3-4H,1-2,5-6H2;4*1H3,(H,3,4);1H2/t3-,4-;;;;;/m1...../s1. The van der Waals surface area contributed by atoms with Crippen LogP contribution in [0, 0.1) is 0 Å². The van der Waals surface area contributed by atoms with E-state index in [0.29, 0.717) is 12.1 Å². The summed E-state index contributed by atoms with van der Waals surface area (Å²) in [4.78, 5) is 36.0. The summed E-state index contributed by atoms with van der Waals surface area (Å²) in [5.41, 5.74) is 10.8. The molecule has 23 heavy (non-hydrogen) atoms. The molecule has 0 amide bonds. The number of nitrogens with two attached hydrogens (primary N) is 2. The van der Waals surface area contributed by atoms with Crippen LogP contribution >= 0.6 is 0 Å². The van der Waals surface area contributed by atoms with Crippen LogP contribution in [0.2, 0.25) is 0 Å². The highest BCUT2D eigenvalue weighted by atomic mass is 16.4. The van der Waals surface area contributed by atoms with Gasteiger partial charge in [0.05, 0.1) is 0 Å². The van der Waals surface area contributed by atoms with Crippen molar-refractivity contribution in [2.24, 2.45) is 11.5 Å². The molecule has 0 aliphatic heterocycles. The van der Waals surface area contributed by atoms with Crippen LogP contribution < -0.4 is 11.5 Å². The molecule has 1 aliphatic rings. The monoisotopic (exact) mass is 344 g/mol. The van der Waals surface area contributed by atoms with Gasteiger partial charge < -0.3 is 37.4 Å². The normalized spacial score (nSPS) is 16.1. The summed E-state index contributed by atoms with van der Waals surface area (Å²) in [5.74, 6) is -3.33. The molecule has 0 saturated heterocycles. The van der Waals surface area contributed by atoms with Gasteiger partial charge >= 0.3 is 0 Å². The van der Waals surface area contributed by atoms with E-state index in [-0.39, 0.29) is 5.48 Å². The van der Waals surface area contributed by atoms with Crippen molar-refractivity contribution in [1.29, 1.82) is 0 Å². The van der Waals surface area contributed by atoms with Crippen LogP contribution in [0.3, 0.4) is 0 Å². The Morgan fingerprint density at radius 1 is 0.652 bits per heavy atom. The van der Waals surface area contributed by atoms with Gasteiger partial charge in [-0.25, -0.2) is 0 Å². The zero-order valence-electron chi connectivity index (χ0n) is 13.6. The molecule has 140 valence electrons. The van der Waals surface area contributed by atoms with Crippen molar-refractivity contribution >= 4 is 23.9 Å². The van der Waals surface area contributed by atoms with Crippen LogP contribution in [0.25, 0.3) is 0 Å². The van der Waals surface area contributed by atoms with Gasteiger partial charge in [-0.15, -0.1) is 0 Å². The Morgan fingerprint density at radius 3 is 0.739 bits per heavy atom. The van der Waals surface area contributed by atoms with Crippen molar-refractivity contribution in [2.75, 3.05) is 0 Å². The topological polar surface area (TPSA) is 233 Å². The van der Waals surface area contributed by atoms with Gasteiger partial charge in [0, 0.05) is 39.8 Å². The quantitative estimate of drug-likeness (QED) is 0.312. The summed E-state index contributed by atoms with van der Waals surface area (Å²) in [6.07, 6.45) is 2.25. The van der Waals surface area contributed by atoms with Crippen LogP contribution in [0.15, 0.2) is 0 Å². The van der Waals surface area contributed by atoms with E-state index in [4.69, 9.17) is 51.1 Å². The van der Waals surface area contributed by atoms with Crippen LogP contribution in [0.1, 0.15) is 40.5 Å². The molecule has 1 saturated carbocycles. The van der Waals surface area contributed by atoms with E-state index < -0.39 is 23.9 Å². The largest absolute Gasteiger partial charge is 0.481 e. The lowest BCUT2D eigenvalue weighted by molar-refractivity contribution is -0.135. The number of hydrogen-bond donors (Lipinski definition) is 6. The molecular weight excluding hydrogens is 316 g/mol. The van der Waals surface area contributed by atoms with Crippen LogP contribution in [-0.2, 0) is 19.2 Å². The molecule has 0 aromatic carbocycles. The van der Waals surface area contributed by atoms with E-state index in [1.165, 1.54) is 0 Å². The average Bonchev–Trinajstić information content (AvgIpc) is 2.23. The highest BCUT2D eigenvalue weighted by molar-refractivity contribution is 5.63. The summed E-state index contributed by atoms with van der Waals surface area (Å²) in [7, 11) is 0. The first-order valence-electron chi connectivity index (χ1n) is 6.03. The van der Waals surface area contributed by atoms with Gasteiger partial charge in [-0.2, -0.15) is 0 Å². The van der Waals surface area contributed by atoms with E-state index in [1.807, 2.05) is 0 Å². The molecule has 0 unspecified atom stereocenters. The maximum Gasteiger partial charge on any atom is 0.300 e. The third-order valence-electron chi connectivity index (χ3n) is 1.38. The Bertz CT molecular complexity index is 262. The Morgan fingerprint density at radius 2 is 0.739 bits per heavy atom. The average molecular weight is 344 g/mol. The van der Waals surface area contributed by atoms with E-state index in [0.717, 1.165) is 40.5 Å². The second-order valence-corrected chi connectivity index (χ2v) is 3.98. The van der Waals surface area contributed by atoms with Gasteiger partial charge in [0.1, 0.15) is 0 Å². The van der Waals surface area contributed by atoms with Gasteiger partial charge in [0.15, 0.2) is 0 Å². The van der Waals surface area contributed by atoms with Gasteiger partial charge in [0.25, 0.3) is 23.9 Å². The Labute approximate surface area is 134 Å². The zero-order chi connectivity index (χ0) is 18.9. The van der Waals surface area contributed by atoms with Crippen molar-refractivity contribution in [1.82, 2.24) is 0 Å². The molecule has 0 spiro atoms. The van der Waals surface area contributed by atoms with Crippen LogP contribution in [0.4, 0.5) is 0 Å². The molecule has 0 radical (unpaired) electrons. The van der Waals surface area contributed by atoms with Crippen molar-refractivity contribution in [3.05, 3.63) is 0 Å². The third-order valence-corrected chi connectivity index (χ3v) is 1.38. The lowest BCUT2D eigenvalue weighted by Gasteiger charge is -2.29. The van der Waals surface area contributed by atoms with Gasteiger partial charge in [-0.05, 0) is 12.8 Å². The zero-order valence-corrected chi connectivity index (χ0v) is 13.6. The maximum absolute atomic E-state index is 9.00. The molecular formula is C12H28N2O9. The first-order valence-corrected chi connectivity index (χ1v) is 6.03. The van der Waals surface area contributed by atoms with Crippen LogP contribution in [0.5, 0.6) is 0 Å². The smallest absolute Gasteiger partial charge is 0.300 e. The predicted molar refractivity (Wildman–Crippen MR) is 82.0 cm³/mol. The SMILES string of the molecule is CC(=O)O.CC(=O)O.CC(=O)O.CC(=O)O.N[C@@H]1CC[C@H]1N.O. The molecule has 0 bridgehead atoms. The third kappa shape index (κ3) is 136. The highest BCUT2D eigenvalue weighted by Crippen LogP contribution is 2.13. The molecule has 0 heterocycles. The van der Waals surface area contributed by atoms with Crippen LogP contribution in [-0.4, -0.2) is 61.9 Å². The number of hydrogen-bond acceptors (Lipinski definition) is 6. The fourth-order valence-corrected chi connectivity index (χ4v) is 0.552. The van der Waals surface area contributed by atoms with Crippen molar-refractivity contribution in [3.8, 4) is 0 Å². The number of carboxylic acids is 4. The van der Waals surface area contributed by atoms with E-state index in [2.05, 4.69) is 0 Å². The van der Waals surface area contributed by atoms with E-state index in [9.17, 15) is 0 Å². The first-order chi connectivity index (χ1) is 9.73. The minimum Gasteiger partial charge on any atom is -0.481 e. The second-order valence-electron chi connectivity index (χ2n) is 3.98. The molecule has 1 aliphatic carbocycles. The number of rotatable bonds is 0. The van der Waals surface area contributed by atoms with E-state index >= 15 is 0 Å². The van der Waals surface area contributed by atoms with Crippen molar-refractivity contribution < 1.29 is 45.1 Å².